The van der Waals surface area contributed by atoms with E-state index in [1.165, 1.54) is 41.7 Å². The molecule has 1 aliphatic heterocycles. The summed E-state index contributed by atoms with van der Waals surface area (Å²) >= 11 is 0. The standard InChI is InChI=1S/C31H29F3N4O4S/c1-30(2,3)42-29(39)38-15-12-20(13-16-38)27-18-22(31(32,33)34)7-9-26(27)25-6-4-5-21-17-23(8-10-24(21)25)43(40,41)37-28-11-14-35-19-36-28/h4-12,14,17-19H,13,15-16H2,1-3H3,(H,35,36,37). The van der Waals surface area contributed by atoms with Crippen molar-refractivity contribution in [3.63, 3.8) is 0 Å². The molecule has 0 spiro atoms. The fourth-order valence-corrected chi connectivity index (χ4v) is 5.88. The molecular formula is C31H29F3N4O4S. The van der Waals surface area contributed by atoms with Crippen LogP contribution in [-0.4, -0.2) is 48.1 Å². The van der Waals surface area contributed by atoms with E-state index in [2.05, 4.69) is 14.7 Å². The molecule has 0 fully saturated rings. The number of carbonyl (C=O) groups is 1. The van der Waals surface area contributed by atoms with Gasteiger partial charge >= 0.3 is 12.3 Å². The Labute approximate surface area is 247 Å². The maximum absolute atomic E-state index is 13.8. The molecule has 0 unspecified atom stereocenters. The van der Waals surface area contributed by atoms with E-state index in [0.29, 0.717) is 39.5 Å². The van der Waals surface area contributed by atoms with Gasteiger partial charge in [-0.3, -0.25) is 4.72 Å². The average molecular weight is 611 g/mol. The molecule has 0 aliphatic carbocycles. The monoisotopic (exact) mass is 610 g/mol. The minimum Gasteiger partial charge on any atom is -0.444 e. The summed E-state index contributed by atoms with van der Waals surface area (Å²) in [4.78, 5) is 21.7. The van der Waals surface area contributed by atoms with Crippen molar-refractivity contribution < 1.29 is 31.1 Å². The van der Waals surface area contributed by atoms with Gasteiger partial charge in [0.2, 0.25) is 0 Å². The summed E-state index contributed by atoms with van der Waals surface area (Å²) < 4.78 is 75.3. The van der Waals surface area contributed by atoms with Gasteiger partial charge in [0.1, 0.15) is 17.7 Å². The fraction of sp³-hybridized carbons (Fsp3) is 0.258. The molecule has 12 heteroatoms. The third-order valence-electron chi connectivity index (χ3n) is 6.83. The van der Waals surface area contributed by atoms with Crippen LogP contribution in [0.2, 0.25) is 0 Å². The highest BCUT2D eigenvalue weighted by atomic mass is 32.2. The Kier molecular flexibility index (Phi) is 7.91. The Hall–Kier alpha value is -4.45. The zero-order valence-electron chi connectivity index (χ0n) is 23.6. The molecule has 224 valence electrons. The van der Waals surface area contributed by atoms with E-state index in [1.54, 1.807) is 51.1 Å². The van der Waals surface area contributed by atoms with E-state index in [-0.39, 0.29) is 23.8 Å². The summed E-state index contributed by atoms with van der Waals surface area (Å²) in [7, 11) is -3.97. The van der Waals surface area contributed by atoms with E-state index in [9.17, 15) is 26.4 Å². The SMILES string of the molecule is CC(C)(C)OC(=O)N1CC=C(c2cc(C(F)(F)F)ccc2-c2cccc3cc(S(=O)(=O)Nc4ccncn4)ccc23)CC1. The van der Waals surface area contributed by atoms with Gasteiger partial charge < -0.3 is 9.64 Å². The average Bonchev–Trinajstić information content (AvgIpc) is 2.95. The molecule has 3 aromatic carbocycles. The zero-order chi connectivity index (χ0) is 31.0. The number of ether oxygens (including phenoxy) is 1. The normalized spacial score (nSPS) is 14.4. The molecule has 1 amide bonds. The molecule has 43 heavy (non-hydrogen) atoms. The van der Waals surface area contributed by atoms with Crippen LogP contribution in [0.5, 0.6) is 0 Å². The van der Waals surface area contributed by atoms with Crippen LogP contribution in [0.3, 0.4) is 0 Å². The molecule has 0 saturated carbocycles. The number of benzene rings is 3. The number of aromatic nitrogens is 2. The third kappa shape index (κ3) is 6.80. The highest BCUT2D eigenvalue weighted by molar-refractivity contribution is 7.92. The Balaban J connectivity index is 1.54. The van der Waals surface area contributed by atoms with Gasteiger partial charge in [-0.15, -0.1) is 0 Å². The number of nitrogens with zero attached hydrogens (tertiary/aromatic N) is 3. The Morgan fingerprint density at radius 3 is 2.42 bits per heavy atom. The summed E-state index contributed by atoms with van der Waals surface area (Å²) in [5, 5.41) is 1.25. The molecule has 0 bridgehead atoms. The quantitative estimate of drug-likeness (QED) is 0.258. The highest BCUT2D eigenvalue weighted by Gasteiger charge is 2.32. The van der Waals surface area contributed by atoms with Gasteiger partial charge in [-0.05, 0) is 90.6 Å². The molecular weight excluding hydrogens is 581 g/mol. The summed E-state index contributed by atoms with van der Waals surface area (Å²) in [6, 6.07) is 14.9. The van der Waals surface area contributed by atoms with Gasteiger partial charge in [-0.1, -0.05) is 36.4 Å². The van der Waals surface area contributed by atoms with Crippen LogP contribution in [0.15, 0.2) is 84.2 Å². The van der Waals surface area contributed by atoms with E-state index >= 15 is 0 Å². The first-order valence-corrected chi connectivity index (χ1v) is 14.9. The van der Waals surface area contributed by atoms with Crippen LogP contribution < -0.4 is 4.72 Å². The van der Waals surface area contributed by atoms with Crippen LogP contribution in [0.1, 0.15) is 38.3 Å². The fourth-order valence-electron chi connectivity index (χ4n) is 4.84. The minimum absolute atomic E-state index is 0.000582. The van der Waals surface area contributed by atoms with Gasteiger partial charge in [0.15, 0.2) is 0 Å². The van der Waals surface area contributed by atoms with Gasteiger partial charge in [-0.2, -0.15) is 13.2 Å². The molecule has 8 nitrogen and oxygen atoms in total. The summed E-state index contributed by atoms with van der Waals surface area (Å²) in [6.45, 7) is 5.77. The smallest absolute Gasteiger partial charge is 0.416 e. The van der Waals surface area contributed by atoms with E-state index < -0.39 is 33.5 Å². The molecule has 1 aromatic heterocycles. The van der Waals surface area contributed by atoms with Gasteiger partial charge in [0.05, 0.1) is 10.5 Å². The van der Waals surface area contributed by atoms with Crippen molar-refractivity contribution >= 4 is 38.3 Å². The molecule has 1 aliphatic rings. The Morgan fingerprint density at radius 2 is 1.77 bits per heavy atom. The first-order chi connectivity index (χ1) is 20.2. The summed E-state index contributed by atoms with van der Waals surface area (Å²) in [5.41, 5.74) is 0.815. The molecule has 0 atom stereocenters. The lowest BCUT2D eigenvalue weighted by atomic mass is 9.88. The van der Waals surface area contributed by atoms with Crippen molar-refractivity contribution in [2.75, 3.05) is 17.8 Å². The van der Waals surface area contributed by atoms with Crippen molar-refractivity contribution in [1.82, 2.24) is 14.9 Å². The number of amides is 1. The van der Waals surface area contributed by atoms with Gasteiger partial charge in [-0.25, -0.2) is 23.2 Å². The van der Waals surface area contributed by atoms with E-state index in [4.69, 9.17) is 4.74 Å². The topological polar surface area (TPSA) is 101 Å². The maximum atomic E-state index is 13.8. The number of anilines is 1. The molecule has 1 N–H and O–H groups in total. The van der Waals surface area contributed by atoms with Crippen LogP contribution in [0.25, 0.3) is 27.5 Å². The molecule has 5 rings (SSSR count). The lowest BCUT2D eigenvalue weighted by molar-refractivity contribution is -0.137. The predicted octanol–water partition coefficient (Wildman–Crippen LogP) is 7.14. The van der Waals surface area contributed by atoms with E-state index in [1.807, 2.05) is 0 Å². The van der Waals surface area contributed by atoms with E-state index in [0.717, 1.165) is 12.1 Å². The third-order valence-corrected chi connectivity index (χ3v) is 8.18. The summed E-state index contributed by atoms with van der Waals surface area (Å²) in [6.07, 6.45) is -0.319. The zero-order valence-corrected chi connectivity index (χ0v) is 24.5. The number of alkyl halides is 3. The number of carbonyl (C=O) groups excluding carboxylic acids is 1. The van der Waals surface area contributed by atoms with Crippen molar-refractivity contribution in [3.8, 4) is 11.1 Å². The van der Waals surface area contributed by atoms with Crippen LogP contribution >= 0.6 is 0 Å². The lowest BCUT2D eigenvalue weighted by Gasteiger charge is -2.30. The second-order valence-electron chi connectivity index (χ2n) is 11.1. The lowest BCUT2D eigenvalue weighted by Crippen LogP contribution is -2.39. The van der Waals surface area contributed by atoms with Gasteiger partial charge in [0.25, 0.3) is 10.0 Å². The molecule has 0 radical (unpaired) electrons. The number of fused-ring (bicyclic) bond motifs is 1. The number of halogens is 3. The minimum atomic E-state index is -4.55. The first kappa shape index (κ1) is 30.0. The largest absolute Gasteiger partial charge is 0.444 e. The maximum Gasteiger partial charge on any atom is 0.416 e. The van der Waals surface area contributed by atoms with Crippen LogP contribution in [-0.2, 0) is 20.9 Å². The Bertz CT molecular complexity index is 1820. The van der Waals surface area contributed by atoms with Crippen molar-refractivity contribution in [3.05, 3.63) is 90.4 Å². The highest BCUT2D eigenvalue weighted by Crippen LogP contribution is 2.40. The number of hydrogen-bond donors (Lipinski definition) is 1. The molecule has 0 saturated heterocycles. The number of sulfonamides is 1. The number of rotatable bonds is 5. The van der Waals surface area contributed by atoms with Crippen molar-refractivity contribution in [2.45, 2.75) is 43.9 Å². The van der Waals surface area contributed by atoms with Crippen LogP contribution in [0, 0.1) is 0 Å². The predicted molar refractivity (Wildman–Crippen MR) is 158 cm³/mol. The number of nitrogens with one attached hydrogen (secondary N) is 1. The second-order valence-corrected chi connectivity index (χ2v) is 12.7. The van der Waals surface area contributed by atoms with Crippen molar-refractivity contribution in [1.29, 1.82) is 0 Å². The summed E-state index contributed by atoms with van der Waals surface area (Å²) in [5.74, 6) is 0.115. The Morgan fingerprint density at radius 1 is 0.977 bits per heavy atom. The van der Waals surface area contributed by atoms with Gasteiger partial charge in [0, 0.05) is 19.3 Å². The number of hydrogen-bond acceptors (Lipinski definition) is 6. The van der Waals surface area contributed by atoms with Crippen LogP contribution in [0.4, 0.5) is 23.8 Å². The van der Waals surface area contributed by atoms with Crippen molar-refractivity contribution in [2.24, 2.45) is 0 Å². The molecule has 2 heterocycles. The molecule has 4 aromatic rings. The first-order valence-electron chi connectivity index (χ1n) is 13.4. The second kappa shape index (κ2) is 11.3.